The van der Waals surface area contributed by atoms with E-state index in [0.29, 0.717) is 0 Å². The van der Waals surface area contributed by atoms with E-state index in [9.17, 15) is 9.59 Å². The van der Waals surface area contributed by atoms with Gasteiger partial charge in [-0.2, -0.15) is 0 Å². The first kappa shape index (κ1) is 11.9. The molecule has 76 valence electrons. The highest BCUT2D eigenvalue weighted by Crippen LogP contribution is 2.02. The molecule has 0 bridgehead atoms. The molecule has 13 heavy (non-hydrogen) atoms. The van der Waals surface area contributed by atoms with E-state index in [2.05, 4.69) is 5.32 Å². The Balaban J connectivity index is 3.96. The molecule has 5 nitrogen and oxygen atoms in total. The van der Waals surface area contributed by atoms with E-state index in [0.717, 1.165) is 0 Å². The molecular weight excluding hydrogens is 170 g/mol. The number of hydrogen-bond donors (Lipinski definition) is 3. The number of hydrogen-bond acceptors (Lipinski definition) is 3. The molecule has 0 radical (unpaired) electrons. The van der Waals surface area contributed by atoms with Crippen LogP contribution >= 0.6 is 0 Å². The van der Waals surface area contributed by atoms with Gasteiger partial charge in [0.15, 0.2) is 0 Å². The lowest BCUT2D eigenvalue weighted by molar-refractivity contribution is -0.127. The van der Waals surface area contributed by atoms with Gasteiger partial charge in [-0.15, -0.1) is 0 Å². The van der Waals surface area contributed by atoms with Crippen LogP contribution in [0.25, 0.3) is 0 Å². The van der Waals surface area contributed by atoms with Gasteiger partial charge in [-0.05, 0) is 20.8 Å². The quantitative estimate of drug-likeness (QED) is 0.532. The third-order valence-corrected chi connectivity index (χ3v) is 1.42. The van der Waals surface area contributed by atoms with E-state index in [1.807, 2.05) is 0 Å². The van der Waals surface area contributed by atoms with E-state index in [-0.39, 0.29) is 12.3 Å². The first-order chi connectivity index (χ1) is 5.72. The predicted octanol–water partition coefficient (Wildman–Crippen LogP) is -0.896. The lowest BCUT2D eigenvalue weighted by atomic mass is 10.0. The maximum Gasteiger partial charge on any atom is 0.239 e. The Kier molecular flexibility index (Phi) is 3.87. The maximum atomic E-state index is 11.2. The van der Waals surface area contributed by atoms with Crippen molar-refractivity contribution in [3.63, 3.8) is 0 Å². The molecule has 0 aromatic heterocycles. The number of rotatable bonds is 4. The summed E-state index contributed by atoms with van der Waals surface area (Å²) in [6.07, 6.45) is 0.171. The molecule has 0 aliphatic carbocycles. The SMILES string of the molecule is CC(NC(=O)CC(C)(C)N)C(N)=O. The molecule has 0 rings (SSSR count). The van der Waals surface area contributed by atoms with Gasteiger partial charge in [-0.3, -0.25) is 9.59 Å². The molecule has 0 aliphatic heterocycles. The molecule has 5 N–H and O–H groups in total. The molecule has 0 fully saturated rings. The first-order valence-corrected chi connectivity index (χ1v) is 4.10. The van der Waals surface area contributed by atoms with Gasteiger partial charge in [0.1, 0.15) is 6.04 Å². The minimum Gasteiger partial charge on any atom is -0.368 e. The Bertz CT molecular complexity index is 208. The molecule has 0 spiro atoms. The molecule has 0 aromatic carbocycles. The summed E-state index contributed by atoms with van der Waals surface area (Å²) in [7, 11) is 0. The molecule has 1 unspecified atom stereocenters. The van der Waals surface area contributed by atoms with Gasteiger partial charge in [0, 0.05) is 12.0 Å². The van der Waals surface area contributed by atoms with Crippen molar-refractivity contribution >= 4 is 11.8 Å². The summed E-state index contributed by atoms with van der Waals surface area (Å²) in [5, 5.41) is 2.44. The largest absolute Gasteiger partial charge is 0.368 e. The molecule has 0 aromatic rings. The number of primary amides is 1. The molecule has 0 aliphatic rings. The van der Waals surface area contributed by atoms with Gasteiger partial charge in [0.2, 0.25) is 11.8 Å². The van der Waals surface area contributed by atoms with Gasteiger partial charge in [0.05, 0.1) is 0 Å². The van der Waals surface area contributed by atoms with Crippen LogP contribution in [0.1, 0.15) is 27.2 Å². The number of carbonyl (C=O) groups excluding carboxylic acids is 2. The summed E-state index contributed by atoms with van der Waals surface area (Å²) >= 11 is 0. The monoisotopic (exact) mass is 187 g/mol. The molecule has 0 saturated heterocycles. The number of nitrogens with one attached hydrogen (secondary N) is 1. The van der Waals surface area contributed by atoms with Crippen LogP contribution < -0.4 is 16.8 Å². The molecule has 2 amide bonds. The van der Waals surface area contributed by atoms with Gasteiger partial charge in [-0.1, -0.05) is 0 Å². The Morgan fingerprint density at radius 2 is 1.92 bits per heavy atom. The average molecular weight is 187 g/mol. The van der Waals surface area contributed by atoms with Crippen molar-refractivity contribution in [2.75, 3.05) is 0 Å². The predicted molar refractivity (Wildman–Crippen MR) is 49.7 cm³/mol. The molecule has 1 atom stereocenters. The van der Waals surface area contributed by atoms with Gasteiger partial charge >= 0.3 is 0 Å². The van der Waals surface area contributed by atoms with Gasteiger partial charge < -0.3 is 16.8 Å². The molecule has 0 heterocycles. The lowest BCUT2D eigenvalue weighted by Crippen LogP contribution is -2.46. The minimum absolute atomic E-state index is 0.171. The lowest BCUT2D eigenvalue weighted by Gasteiger charge is -2.18. The Morgan fingerprint density at radius 1 is 1.46 bits per heavy atom. The van der Waals surface area contributed by atoms with Crippen LogP contribution in [0, 0.1) is 0 Å². The van der Waals surface area contributed by atoms with Crippen molar-refractivity contribution < 1.29 is 9.59 Å². The fourth-order valence-corrected chi connectivity index (χ4v) is 0.777. The minimum atomic E-state index is -0.644. The number of nitrogens with two attached hydrogens (primary N) is 2. The van der Waals surface area contributed by atoms with Crippen molar-refractivity contribution in [3.8, 4) is 0 Å². The highest BCUT2D eigenvalue weighted by Gasteiger charge is 2.19. The standard InChI is InChI=1S/C8H17N3O2/c1-5(7(9)13)11-6(12)4-8(2,3)10/h5H,4,10H2,1-3H3,(H2,9,13)(H,11,12). The average Bonchev–Trinajstić information content (AvgIpc) is 1.81. The Morgan fingerprint density at radius 3 is 2.23 bits per heavy atom. The zero-order valence-electron chi connectivity index (χ0n) is 8.26. The Hall–Kier alpha value is -1.10. The second kappa shape index (κ2) is 4.23. The van der Waals surface area contributed by atoms with Crippen molar-refractivity contribution in [1.29, 1.82) is 0 Å². The highest BCUT2D eigenvalue weighted by atomic mass is 16.2. The molecule has 0 saturated carbocycles. The summed E-state index contributed by atoms with van der Waals surface area (Å²) in [4.78, 5) is 21.8. The summed E-state index contributed by atoms with van der Waals surface area (Å²) in [6.45, 7) is 5.01. The summed E-state index contributed by atoms with van der Waals surface area (Å²) < 4.78 is 0. The smallest absolute Gasteiger partial charge is 0.239 e. The number of amides is 2. The molecule has 5 heteroatoms. The van der Waals surface area contributed by atoms with Crippen molar-refractivity contribution in [2.24, 2.45) is 11.5 Å². The van der Waals surface area contributed by atoms with Crippen LogP contribution in [0.5, 0.6) is 0 Å². The van der Waals surface area contributed by atoms with Gasteiger partial charge in [0.25, 0.3) is 0 Å². The second-order valence-electron chi connectivity index (χ2n) is 3.86. The topological polar surface area (TPSA) is 98.2 Å². The fraction of sp³-hybridized carbons (Fsp3) is 0.750. The van der Waals surface area contributed by atoms with Crippen LogP contribution in [-0.4, -0.2) is 23.4 Å². The van der Waals surface area contributed by atoms with E-state index in [1.54, 1.807) is 13.8 Å². The summed E-state index contributed by atoms with van der Waals surface area (Å²) in [6, 6.07) is -0.644. The number of carbonyl (C=O) groups is 2. The first-order valence-electron chi connectivity index (χ1n) is 4.10. The molecular formula is C8H17N3O2. The second-order valence-corrected chi connectivity index (χ2v) is 3.86. The van der Waals surface area contributed by atoms with Crippen LogP contribution in [0.4, 0.5) is 0 Å². The van der Waals surface area contributed by atoms with Gasteiger partial charge in [-0.25, -0.2) is 0 Å². The maximum absolute atomic E-state index is 11.2. The van der Waals surface area contributed by atoms with Crippen molar-refractivity contribution in [3.05, 3.63) is 0 Å². The Labute approximate surface area is 77.8 Å². The summed E-state index contributed by atoms with van der Waals surface area (Å²) in [5.74, 6) is -0.818. The zero-order chi connectivity index (χ0) is 10.6. The normalized spacial score (nSPS) is 13.5. The fourth-order valence-electron chi connectivity index (χ4n) is 0.777. The van der Waals surface area contributed by atoms with E-state index < -0.39 is 17.5 Å². The van der Waals surface area contributed by atoms with Crippen LogP contribution in [0.2, 0.25) is 0 Å². The van der Waals surface area contributed by atoms with E-state index in [4.69, 9.17) is 11.5 Å². The zero-order valence-corrected chi connectivity index (χ0v) is 8.26. The highest BCUT2D eigenvalue weighted by molar-refractivity contribution is 5.86. The van der Waals surface area contributed by atoms with Crippen LogP contribution in [-0.2, 0) is 9.59 Å². The summed E-state index contributed by atoms with van der Waals surface area (Å²) in [5.41, 5.74) is 10.0. The van der Waals surface area contributed by atoms with Crippen LogP contribution in [0.3, 0.4) is 0 Å². The van der Waals surface area contributed by atoms with Crippen molar-refractivity contribution in [2.45, 2.75) is 38.8 Å². The van der Waals surface area contributed by atoms with E-state index >= 15 is 0 Å². The van der Waals surface area contributed by atoms with Crippen molar-refractivity contribution in [1.82, 2.24) is 5.32 Å². The van der Waals surface area contributed by atoms with Crippen LogP contribution in [0.15, 0.2) is 0 Å². The van der Waals surface area contributed by atoms with E-state index in [1.165, 1.54) is 6.92 Å². The third kappa shape index (κ3) is 6.10. The third-order valence-electron chi connectivity index (χ3n) is 1.42.